The van der Waals surface area contributed by atoms with Crippen molar-refractivity contribution in [3.63, 3.8) is 0 Å². The molecule has 0 aromatic carbocycles. The fourth-order valence-corrected chi connectivity index (χ4v) is 3.33. The first-order valence-corrected chi connectivity index (χ1v) is 9.64. The zero-order chi connectivity index (χ0) is 22.9. The maximum absolute atomic E-state index is 13.8. The van der Waals surface area contributed by atoms with Crippen LogP contribution in [0, 0.1) is 0 Å². The fraction of sp³-hybridized carbons (Fsp3) is 0.857. The van der Waals surface area contributed by atoms with E-state index in [0.29, 0.717) is 12.8 Å². The predicted octanol–water partition coefficient (Wildman–Crippen LogP) is 4.34. The molecular weight excluding hydrogens is 447 g/mol. The molecule has 15 heteroatoms. The first-order chi connectivity index (χ1) is 12.9. The summed E-state index contributed by atoms with van der Waals surface area (Å²) >= 11 is 0. The van der Waals surface area contributed by atoms with Crippen molar-refractivity contribution in [1.29, 1.82) is 0 Å². The quantitative estimate of drug-likeness (QED) is 0.272. The highest BCUT2D eigenvalue weighted by atomic mass is 32.2. The number of rotatable bonds is 10. The highest BCUT2D eigenvalue weighted by Crippen LogP contribution is 2.55. The van der Waals surface area contributed by atoms with E-state index in [9.17, 15) is 47.9 Å². The van der Waals surface area contributed by atoms with Crippen LogP contribution in [0.1, 0.15) is 32.6 Å². The second kappa shape index (κ2) is 8.40. The van der Waals surface area contributed by atoms with E-state index in [1.54, 1.807) is 0 Å². The molecule has 0 aromatic heterocycles. The summed E-state index contributed by atoms with van der Waals surface area (Å²) in [5.74, 6) is -14.7. The summed E-state index contributed by atoms with van der Waals surface area (Å²) in [7, 11) is -5.83. The number of hydrogen-bond acceptors (Lipinski definition) is 5. The van der Waals surface area contributed by atoms with Crippen molar-refractivity contribution < 1.29 is 52.1 Å². The van der Waals surface area contributed by atoms with Gasteiger partial charge < -0.3 is 9.80 Å². The number of halogens is 9. The second-order valence-corrected chi connectivity index (χ2v) is 7.92. The van der Waals surface area contributed by atoms with Crippen LogP contribution in [-0.4, -0.2) is 61.4 Å². The van der Waals surface area contributed by atoms with Crippen molar-refractivity contribution in [3.8, 4) is 0 Å². The molecule has 29 heavy (non-hydrogen) atoms. The standard InChI is InChI=1S/C14H19F9N2O3S/c1-3-4-5-6-7-25-9-8-24(2)10(25)28-29(26,27)14(22,23)12(17,18)11(15,16)13(19,20)21/h8-10H,3-7H2,1-2H3. The van der Waals surface area contributed by atoms with Crippen LogP contribution in [0.3, 0.4) is 0 Å². The van der Waals surface area contributed by atoms with Gasteiger partial charge >= 0.3 is 33.4 Å². The van der Waals surface area contributed by atoms with Gasteiger partial charge in [-0.15, -0.1) is 0 Å². The molecule has 1 unspecified atom stereocenters. The highest BCUT2D eigenvalue weighted by Gasteiger charge is 2.86. The zero-order valence-electron chi connectivity index (χ0n) is 15.2. The lowest BCUT2D eigenvalue weighted by Gasteiger charge is -2.35. The van der Waals surface area contributed by atoms with Gasteiger partial charge in [0.05, 0.1) is 0 Å². The van der Waals surface area contributed by atoms with Gasteiger partial charge in [0, 0.05) is 26.0 Å². The third-order valence-corrected chi connectivity index (χ3v) is 5.35. The van der Waals surface area contributed by atoms with Crippen molar-refractivity contribution in [3.05, 3.63) is 12.4 Å². The predicted molar refractivity (Wildman–Crippen MR) is 82.4 cm³/mol. The topological polar surface area (TPSA) is 49.9 Å². The summed E-state index contributed by atoms with van der Waals surface area (Å²) in [6.45, 7) is 1.92. The monoisotopic (exact) mass is 466 g/mol. The minimum Gasteiger partial charge on any atom is -0.336 e. The Kier molecular flexibility index (Phi) is 7.43. The van der Waals surface area contributed by atoms with E-state index in [1.807, 2.05) is 6.92 Å². The SMILES string of the molecule is CCCCCCN1C=CN(C)C1OS(=O)(=O)C(F)(F)C(F)(F)C(F)(F)C(F)(F)F. The molecular formula is C14H19F9N2O3S. The third kappa shape index (κ3) is 4.70. The Bertz CT molecular complexity index is 695. The Hall–Kier alpha value is -1.38. The second-order valence-electron chi connectivity index (χ2n) is 6.30. The summed E-state index contributed by atoms with van der Waals surface area (Å²) in [6, 6.07) is 0. The molecule has 0 amide bonds. The van der Waals surface area contributed by atoms with Gasteiger partial charge in [0.2, 0.25) is 6.35 Å². The van der Waals surface area contributed by atoms with Crippen LogP contribution in [-0.2, 0) is 14.3 Å². The molecule has 0 bridgehead atoms. The lowest BCUT2D eigenvalue weighted by atomic mass is 10.1. The minimum absolute atomic E-state index is 0.0295. The van der Waals surface area contributed by atoms with Crippen molar-refractivity contribution in [2.75, 3.05) is 13.6 Å². The van der Waals surface area contributed by atoms with Crippen molar-refractivity contribution in [2.45, 2.75) is 62.2 Å². The molecule has 0 saturated heterocycles. The van der Waals surface area contributed by atoms with Crippen LogP contribution in [0.4, 0.5) is 39.5 Å². The Balaban J connectivity index is 3.10. The molecule has 0 N–H and O–H groups in total. The minimum atomic E-state index is -7.33. The number of nitrogens with zero attached hydrogens (tertiary/aromatic N) is 2. The van der Waals surface area contributed by atoms with Gasteiger partial charge in [-0.05, 0) is 6.42 Å². The molecule has 0 radical (unpaired) electrons. The van der Waals surface area contributed by atoms with Crippen LogP contribution in [0.15, 0.2) is 12.4 Å². The van der Waals surface area contributed by atoms with E-state index in [-0.39, 0.29) is 6.54 Å². The molecule has 0 spiro atoms. The van der Waals surface area contributed by atoms with Gasteiger partial charge in [0.15, 0.2) is 0 Å². The lowest BCUT2D eigenvalue weighted by Crippen LogP contribution is -2.64. The molecule has 0 fully saturated rings. The van der Waals surface area contributed by atoms with E-state index >= 15 is 0 Å². The van der Waals surface area contributed by atoms with Gasteiger partial charge in [-0.2, -0.15) is 47.9 Å². The van der Waals surface area contributed by atoms with Crippen molar-refractivity contribution >= 4 is 10.1 Å². The van der Waals surface area contributed by atoms with E-state index in [4.69, 9.17) is 0 Å². The maximum Gasteiger partial charge on any atom is 0.460 e. The van der Waals surface area contributed by atoms with Crippen molar-refractivity contribution in [1.82, 2.24) is 9.80 Å². The highest BCUT2D eigenvalue weighted by molar-refractivity contribution is 7.87. The molecule has 0 aromatic rings. The van der Waals surface area contributed by atoms with Crippen LogP contribution < -0.4 is 0 Å². The van der Waals surface area contributed by atoms with Crippen LogP contribution >= 0.6 is 0 Å². The summed E-state index contributed by atoms with van der Waals surface area (Å²) in [4.78, 5) is 1.84. The summed E-state index contributed by atoms with van der Waals surface area (Å²) in [5, 5.41) is -6.88. The average molecular weight is 466 g/mol. The smallest absolute Gasteiger partial charge is 0.336 e. The van der Waals surface area contributed by atoms with Crippen molar-refractivity contribution in [2.24, 2.45) is 0 Å². The van der Waals surface area contributed by atoms with Gasteiger partial charge in [-0.25, -0.2) is 4.18 Å². The third-order valence-electron chi connectivity index (χ3n) is 4.04. The Labute approximate surface area is 161 Å². The Morgan fingerprint density at radius 3 is 1.93 bits per heavy atom. The first-order valence-electron chi connectivity index (χ1n) is 8.23. The molecule has 172 valence electrons. The molecule has 0 aliphatic carbocycles. The van der Waals surface area contributed by atoms with Crippen LogP contribution in [0.5, 0.6) is 0 Å². The zero-order valence-corrected chi connectivity index (χ0v) is 16.0. The van der Waals surface area contributed by atoms with E-state index in [0.717, 1.165) is 35.9 Å². The first kappa shape index (κ1) is 25.7. The molecule has 1 aliphatic rings. The van der Waals surface area contributed by atoms with E-state index in [1.165, 1.54) is 6.20 Å². The van der Waals surface area contributed by atoms with Crippen LogP contribution in [0.25, 0.3) is 0 Å². The Morgan fingerprint density at radius 2 is 1.45 bits per heavy atom. The maximum atomic E-state index is 13.8. The van der Waals surface area contributed by atoms with Gasteiger partial charge in [-0.1, -0.05) is 26.2 Å². The largest absolute Gasteiger partial charge is 0.460 e. The van der Waals surface area contributed by atoms with Gasteiger partial charge in [-0.3, -0.25) is 0 Å². The van der Waals surface area contributed by atoms with Crippen LogP contribution in [0.2, 0.25) is 0 Å². The number of hydrogen-bond donors (Lipinski definition) is 0. The average Bonchev–Trinajstić information content (AvgIpc) is 2.90. The molecule has 1 rings (SSSR count). The Morgan fingerprint density at radius 1 is 0.897 bits per heavy atom. The van der Waals surface area contributed by atoms with E-state index in [2.05, 4.69) is 4.18 Å². The van der Waals surface area contributed by atoms with Gasteiger partial charge in [0.1, 0.15) is 0 Å². The lowest BCUT2D eigenvalue weighted by molar-refractivity contribution is -0.383. The van der Waals surface area contributed by atoms with Gasteiger partial charge in [0.25, 0.3) is 0 Å². The molecule has 5 nitrogen and oxygen atoms in total. The number of alkyl halides is 9. The summed E-state index contributed by atoms with van der Waals surface area (Å²) in [6.07, 6.45) is -4.10. The molecule has 1 heterocycles. The van der Waals surface area contributed by atoms with E-state index < -0.39 is 39.7 Å². The molecule has 1 atom stereocenters. The fourth-order valence-electron chi connectivity index (χ4n) is 2.29. The normalized spacial score (nSPS) is 19.3. The molecule has 0 saturated carbocycles. The number of unbranched alkanes of at least 4 members (excludes halogenated alkanes) is 3. The molecule has 1 aliphatic heterocycles. The summed E-state index contributed by atoms with van der Waals surface area (Å²) < 4.78 is 144. The summed E-state index contributed by atoms with van der Waals surface area (Å²) in [5.41, 5.74) is 0.